The number of fused-ring (bicyclic) bond motifs is 1. The number of benzene rings is 2. The zero-order valence-corrected chi connectivity index (χ0v) is 18.3. The van der Waals surface area contributed by atoms with Gasteiger partial charge in [-0.05, 0) is 54.8 Å². The molecule has 0 radical (unpaired) electrons. The van der Waals surface area contributed by atoms with Crippen LogP contribution < -0.4 is 11.2 Å². The monoisotopic (exact) mass is 488 g/mol. The van der Waals surface area contributed by atoms with Crippen molar-refractivity contribution in [1.29, 1.82) is 0 Å². The van der Waals surface area contributed by atoms with Crippen LogP contribution >= 0.6 is 0 Å². The molecule has 0 bridgehead atoms. The van der Waals surface area contributed by atoms with E-state index in [1.54, 1.807) is 0 Å². The quantitative estimate of drug-likeness (QED) is 0.402. The zero-order chi connectivity index (χ0) is 24.7. The molecule has 0 N–H and O–H groups in total. The molecule has 2 aromatic carbocycles. The van der Waals surface area contributed by atoms with Crippen molar-refractivity contribution in [2.75, 3.05) is 6.61 Å². The molecule has 2 aromatic heterocycles. The maximum Gasteiger partial charge on any atom is 0.416 e. The fourth-order valence-corrected chi connectivity index (χ4v) is 4.32. The van der Waals surface area contributed by atoms with Crippen LogP contribution in [0.3, 0.4) is 0 Å². The van der Waals surface area contributed by atoms with Gasteiger partial charge in [-0.2, -0.15) is 13.2 Å². The zero-order valence-electron chi connectivity index (χ0n) is 18.3. The highest BCUT2D eigenvalue weighted by atomic mass is 19.4. The second-order valence-electron chi connectivity index (χ2n) is 8.39. The molecule has 1 aliphatic rings. The number of alkyl halides is 3. The van der Waals surface area contributed by atoms with Gasteiger partial charge in [-0.1, -0.05) is 12.1 Å². The highest BCUT2D eigenvalue weighted by Crippen LogP contribution is 2.30. The molecule has 0 spiro atoms. The molecule has 3 heterocycles. The van der Waals surface area contributed by atoms with Gasteiger partial charge in [-0.3, -0.25) is 9.36 Å². The number of halogens is 4. The minimum Gasteiger partial charge on any atom is -0.376 e. The Hall–Kier alpha value is -3.73. The Kier molecular flexibility index (Phi) is 5.79. The molecule has 35 heavy (non-hydrogen) atoms. The lowest BCUT2D eigenvalue weighted by Gasteiger charge is -2.15. The van der Waals surface area contributed by atoms with E-state index in [0.717, 1.165) is 23.1 Å². The van der Waals surface area contributed by atoms with Crippen molar-refractivity contribution in [2.45, 2.75) is 38.2 Å². The van der Waals surface area contributed by atoms with Crippen molar-refractivity contribution in [3.8, 4) is 5.69 Å². The topological polar surface area (TPSA) is 71.0 Å². The van der Waals surface area contributed by atoms with Crippen LogP contribution in [0, 0.1) is 5.82 Å². The number of aromatic nitrogens is 4. The van der Waals surface area contributed by atoms with Crippen molar-refractivity contribution in [3.05, 3.63) is 92.6 Å². The predicted octanol–water partition coefficient (Wildman–Crippen LogP) is 3.73. The smallest absolute Gasteiger partial charge is 0.376 e. The summed E-state index contributed by atoms with van der Waals surface area (Å²) in [4.78, 5) is 31.1. The highest BCUT2D eigenvalue weighted by molar-refractivity contribution is 5.72. The summed E-state index contributed by atoms with van der Waals surface area (Å²) >= 11 is 0. The second kappa shape index (κ2) is 8.81. The van der Waals surface area contributed by atoms with Gasteiger partial charge in [0, 0.05) is 13.2 Å². The Morgan fingerprint density at radius 3 is 2.54 bits per heavy atom. The van der Waals surface area contributed by atoms with Crippen molar-refractivity contribution in [1.82, 2.24) is 18.7 Å². The van der Waals surface area contributed by atoms with E-state index in [9.17, 15) is 27.2 Å². The van der Waals surface area contributed by atoms with Crippen LogP contribution in [0.5, 0.6) is 0 Å². The molecule has 182 valence electrons. The van der Waals surface area contributed by atoms with E-state index in [1.807, 2.05) is 0 Å². The van der Waals surface area contributed by atoms with Crippen molar-refractivity contribution in [2.24, 2.45) is 0 Å². The molecular weight excluding hydrogens is 468 g/mol. The lowest BCUT2D eigenvalue weighted by atomic mass is 10.1. The molecule has 0 aliphatic carbocycles. The van der Waals surface area contributed by atoms with E-state index < -0.39 is 28.8 Å². The van der Waals surface area contributed by atoms with E-state index in [-0.39, 0.29) is 30.4 Å². The maximum atomic E-state index is 13.5. The van der Waals surface area contributed by atoms with E-state index >= 15 is 0 Å². The first-order chi connectivity index (χ1) is 16.7. The SMILES string of the molecule is O=c1c2c(ncn2Cc2cccc(C(F)(F)F)c2)n(-c2ccc(F)cc2)c(=O)n1C[C@H]1CCCO1. The largest absolute Gasteiger partial charge is 0.416 e. The van der Waals surface area contributed by atoms with Gasteiger partial charge < -0.3 is 9.30 Å². The van der Waals surface area contributed by atoms with E-state index in [0.29, 0.717) is 24.3 Å². The Labute approximate surface area is 195 Å². The fourth-order valence-electron chi connectivity index (χ4n) is 4.32. The number of imidazole rings is 1. The average molecular weight is 488 g/mol. The Bertz CT molecular complexity index is 1500. The normalized spacial score (nSPS) is 16.3. The number of rotatable bonds is 5. The summed E-state index contributed by atoms with van der Waals surface area (Å²) in [5.41, 5.74) is -1.40. The third kappa shape index (κ3) is 4.39. The van der Waals surface area contributed by atoms with Gasteiger partial charge in [0.25, 0.3) is 5.56 Å². The summed E-state index contributed by atoms with van der Waals surface area (Å²) < 4.78 is 62.3. The molecule has 0 amide bonds. The van der Waals surface area contributed by atoms with Crippen LogP contribution in [0.2, 0.25) is 0 Å². The van der Waals surface area contributed by atoms with Gasteiger partial charge in [0.15, 0.2) is 11.2 Å². The number of ether oxygens (including phenoxy) is 1. The molecular formula is C24H20F4N4O3. The van der Waals surface area contributed by atoms with Gasteiger partial charge in [-0.15, -0.1) is 0 Å². The van der Waals surface area contributed by atoms with E-state index in [1.165, 1.54) is 51.9 Å². The van der Waals surface area contributed by atoms with Gasteiger partial charge in [0.2, 0.25) is 0 Å². The number of nitrogens with zero attached hydrogens (tertiary/aromatic N) is 4. The highest BCUT2D eigenvalue weighted by Gasteiger charge is 2.30. The summed E-state index contributed by atoms with van der Waals surface area (Å²) in [7, 11) is 0. The molecule has 1 fully saturated rings. The van der Waals surface area contributed by atoms with Crippen LogP contribution in [-0.2, 0) is 24.0 Å². The molecule has 1 atom stereocenters. The fraction of sp³-hybridized carbons (Fsp3) is 0.292. The van der Waals surface area contributed by atoms with Crippen LogP contribution in [0.15, 0.2) is 64.4 Å². The summed E-state index contributed by atoms with van der Waals surface area (Å²) in [6.07, 6.45) is -2.03. The average Bonchev–Trinajstić information content (AvgIpc) is 3.48. The van der Waals surface area contributed by atoms with Crippen molar-refractivity contribution >= 4 is 11.2 Å². The van der Waals surface area contributed by atoms with E-state index in [2.05, 4.69) is 4.98 Å². The number of hydrogen-bond acceptors (Lipinski definition) is 4. The minimum atomic E-state index is -4.51. The standard InChI is InChI=1S/C24H20F4N4O3/c25-17-6-8-18(9-7-17)32-21-20(22(33)31(23(32)34)13-19-5-2-10-35-19)30(14-29-21)12-15-3-1-4-16(11-15)24(26,27)28/h1,3-4,6-9,11,14,19H,2,5,10,12-13H2/t19-/m1/s1. The maximum absolute atomic E-state index is 13.5. The molecule has 1 saturated heterocycles. The number of hydrogen-bond donors (Lipinski definition) is 0. The van der Waals surface area contributed by atoms with Gasteiger partial charge in [-0.25, -0.2) is 18.7 Å². The molecule has 0 unspecified atom stereocenters. The van der Waals surface area contributed by atoms with Crippen LogP contribution in [0.25, 0.3) is 16.9 Å². The second-order valence-corrected chi connectivity index (χ2v) is 8.39. The Morgan fingerprint density at radius 1 is 1.09 bits per heavy atom. The van der Waals surface area contributed by atoms with Crippen LogP contribution in [0.4, 0.5) is 17.6 Å². The molecule has 4 aromatic rings. The summed E-state index contributed by atoms with van der Waals surface area (Å²) in [6.45, 7) is 0.474. The van der Waals surface area contributed by atoms with Crippen LogP contribution in [0.1, 0.15) is 24.0 Å². The third-order valence-corrected chi connectivity index (χ3v) is 6.00. The van der Waals surface area contributed by atoms with E-state index in [4.69, 9.17) is 4.74 Å². The summed E-state index contributed by atoms with van der Waals surface area (Å²) in [5, 5.41) is 0. The van der Waals surface area contributed by atoms with Crippen LogP contribution in [-0.4, -0.2) is 31.4 Å². The lowest BCUT2D eigenvalue weighted by Crippen LogP contribution is -2.42. The Morgan fingerprint density at radius 2 is 1.86 bits per heavy atom. The third-order valence-electron chi connectivity index (χ3n) is 6.00. The first kappa shape index (κ1) is 23.0. The van der Waals surface area contributed by atoms with Crippen molar-refractivity contribution in [3.63, 3.8) is 0 Å². The Balaban J connectivity index is 1.68. The molecule has 7 nitrogen and oxygen atoms in total. The first-order valence-electron chi connectivity index (χ1n) is 11.0. The molecule has 5 rings (SSSR count). The molecule has 1 aliphatic heterocycles. The minimum absolute atomic E-state index is 0.0174. The van der Waals surface area contributed by atoms with Gasteiger partial charge in [0.05, 0.1) is 30.2 Å². The lowest BCUT2D eigenvalue weighted by molar-refractivity contribution is -0.137. The first-order valence-corrected chi connectivity index (χ1v) is 11.0. The summed E-state index contributed by atoms with van der Waals surface area (Å²) in [6, 6.07) is 9.93. The molecule has 0 saturated carbocycles. The summed E-state index contributed by atoms with van der Waals surface area (Å²) in [5.74, 6) is -0.499. The van der Waals surface area contributed by atoms with Gasteiger partial charge >= 0.3 is 11.9 Å². The van der Waals surface area contributed by atoms with Crippen molar-refractivity contribution < 1.29 is 22.3 Å². The predicted molar refractivity (Wildman–Crippen MR) is 119 cm³/mol. The molecule has 11 heteroatoms. The van der Waals surface area contributed by atoms with Gasteiger partial charge in [0.1, 0.15) is 5.82 Å².